The molecule has 0 radical (unpaired) electrons. The fourth-order valence-corrected chi connectivity index (χ4v) is 4.21. The highest BCUT2D eigenvalue weighted by Crippen LogP contribution is 2.38. The van der Waals surface area contributed by atoms with Crippen LogP contribution in [0.2, 0.25) is 0 Å². The third-order valence-electron chi connectivity index (χ3n) is 3.24. The van der Waals surface area contributed by atoms with E-state index in [2.05, 4.69) is 90.8 Å². The molecule has 0 aliphatic carbocycles. The standard InChI is InChI=1S/C15H11Br2IO/c16-13-3-2-11(18)8-12(13)15(17)10-1-4-14-9(7-10)5-6-19-14/h1-4,7-8,15H,5-6H2. The van der Waals surface area contributed by atoms with Gasteiger partial charge >= 0.3 is 0 Å². The third kappa shape index (κ3) is 2.85. The predicted molar refractivity (Wildman–Crippen MR) is 93.3 cm³/mol. The summed E-state index contributed by atoms with van der Waals surface area (Å²) in [5, 5.41) is 0. The second kappa shape index (κ2) is 5.74. The Bertz CT molecular complexity index is 628. The summed E-state index contributed by atoms with van der Waals surface area (Å²) in [5.41, 5.74) is 3.83. The van der Waals surface area contributed by atoms with E-state index in [1.807, 2.05) is 0 Å². The van der Waals surface area contributed by atoms with E-state index >= 15 is 0 Å². The highest BCUT2D eigenvalue weighted by atomic mass is 127. The van der Waals surface area contributed by atoms with E-state index in [-0.39, 0.29) is 4.83 Å². The van der Waals surface area contributed by atoms with Crippen LogP contribution < -0.4 is 4.74 Å². The molecular formula is C15H11Br2IO. The van der Waals surface area contributed by atoms with Gasteiger partial charge in [-0.15, -0.1) is 0 Å². The van der Waals surface area contributed by atoms with Crippen LogP contribution in [-0.4, -0.2) is 6.61 Å². The van der Waals surface area contributed by atoms with Crippen LogP contribution in [0.3, 0.4) is 0 Å². The summed E-state index contributed by atoms with van der Waals surface area (Å²) in [6, 6.07) is 12.9. The zero-order chi connectivity index (χ0) is 13.4. The van der Waals surface area contributed by atoms with Gasteiger partial charge in [-0.05, 0) is 63.5 Å². The first-order chi connectivity index (χ1) is 9.15. The molecule has 1 aliphatic heterocycles. The average molecular weight is 494 g/mol. The highest BCUT2D eigenvalue weighted by molar-refractivity contribution is 14.1. The van der Waals surface area contributed by atoms with Crippen molar-refractivity contribution in [2.75, 3.05) is 6.61 Å². The molecule has 1 heterocycles. The van der Waals surface area contributed by atoms with E-state index in [9.17, 15) is 0 Å². The largest absolute Gasteiger partial charge is 0.493 e. The first-order valence-corrected chi connectivity index (χ1v) is 8.78. The number of fused-ring (bicyclic) bond motifs is 1. The molecule has 2 aromatic rings. The Labute approximate surface area is 143 Å². The van der Waals surface area contributed by atoms with Gasteiger partial charge in [0.15, 0.2) is 0 Å². The zero-order valence-corrected chi connectivity index (χ0v) is 15.3. The Hall–Kier alpha value is -0.0700. The van der Waals surface area contributed by atoms with Crippen LogP contribution in [-0.2, 0) is 6.42 Å². The maximum absolute atomic E-state index is 5.56. The van der Waals surface area contributed by atoms with Crippen LogP contribution in [0.25, 0.3) is 0 Å². The van der Waals surface area contributed by atoms with Gasteiger partial charge in [0, 0.05) is 14.5 Å². The van der Waals surface area contributed by atoms with E-state index < -0.39 is 0 Å². The molecule has 3 rings (SSSR count). The third-order valence-corrected chi connectivity index (χ3v) is 5.65. The molecule has 1 unspecified atom stereocenters. The Morgan fingerprint density at radius 3 is 2.84 bits per heavy atom. The van der Waals surface area contributed by atoms with Crippen molar-refractivity contribution in [3.8, 4) is 5.75 Å². The van der Waals surface area contributed by atoms with Crippen molar-refractivity contribution in [1.82, 2.24) is 0 Å². The number of ether oxygens (including phenoxy) is 1. The topological polar surface area (TPSA) is 9.23 Å². The lowest BCUT2D eigenvalue weighted by molar-refractivity contribution is 0.357. The van der Waals surface area contributed by atoms with Crippen LogP contribution in [0.5, 0.6) is 5.75 Å². The molecule has 0 saturated heterocycles. The first-order valence-electron chi connectivity index (χ1n) is 6.00. The summed E-state index contributed by atoms with van der Waals surface area (Å²) in [6.07, 6.45) is 1.01. The van der Waals surface area contributed by atoms with E-state index in [0.29, 0.717) is 0 Å². The summed E-state index contributed by atoms with van der Waals surface area (Å²) < 4.78 is 7.93. The molecule has 0 saturated carbocycles. The van der Waals surface area contributed by atoms with Crippen molar-refractivity contribution >= 4 is 54.5 Å². The second-order valence-corrected chi connectivity index (χ2v) is 7.51. The molecule has 1 nitrogen and oxygen atoms in total. The minimum absolute atomic E-state index is 0.197. The van der Waals surface area contributed by atoms with Gasteiger partial charge in [0.2, 0.25) is 0 Å². The van der Waals surface area contributed by atoms with Crippen LogP contribution >= 0.6 is 54.5 Å². The van der Waals surface area contributed by atoms with Gasteiger partial charge in [-0.25, -0.2) is 0 Å². The molecule has 0 spiro atoms. The Morgan fingerprint density at radius 1 is 1.16 bits per heavy atom. The molecule has 19 heavy (non-hydrogen) atoms. The number of halogens is 3. The van der Waals surface area contributed by atoms with Crippen molar-refractivity contribution in [3.05, 3.63) is 61.1 Å². The summed E-state index contributed by atoms with van der Waals surface area (Å²) in [4.78, 5) is 0.197. The first kappa shape index (κ1) is 13.9. The normalized spacial score (nSPS) is 14.9. The zero-order valence-electron chi connectivity index (χ0n) is 10.00. The molecule has 1 atom stereocenters. The van der Waals surface area contributed by atoms with Crippen molar-refractivity contribution in [2.45, 2.75) is 11.2 Å². The maximum Gasteiger partial charge on any atom is 0.122 e. The molecule has 98 valence electrons. The minimum atomic E-state index is 0.197. The molecule has 0 aromatic heterocycles. The molecule has 0 bridgehead atoms. The van der Waals surface area contributed by atoms with E-state index in [1.54, 1.807) is 0 Å². The lowest BCUT2D eigenvalue weighted by Crippen LogP contribution is -1.95. The number of benzene rings is 2. The lowest BCUT2D eigenvalue weighted by Gasteiger charge is -2.14. The Kier molecular flexibility index (Phi) is 4.19. The summed E-state index contributed by atoms with van der Waals surface area (Å²) in [6.45, 7) is 0.804. The molecular weight excluding hydrogens is 483 g/mol. The summed E-state index contributed by atoms with van der Waals surface area (Å²) in [5.74, 6) is 1.03. The van der Waals surface area contributed by atoms with Crippen molar-refractivity contribution < 1.29 is 4.74 Å². The number of hydrogen-bond acceptors (Lipinski definition) is 1. The van der Waals surface area contributed by atoms with Gasteiger partial charge in [0.1, 0.15) is 5.75 Å². The lowest BCUT2D eigenvalue weighted by atomic mass is 10.0. The van der Waals surface area contributed by atoms with Gasteiger partial charge < -0.3 is 4.74 Å². The van der Waals surface area contributed by atoms with Crippen LogP contribution in [0.4, 0.5) is 0 Å². The smallest absolute Gasteiger partial charge is 0.122 e. The van der Waals surface area contributed by atoms with Gasteiger partial charge in [0.25, 0.3) is 0 Å². The van der Waals surface area contributed by atoms with Crippen LogP contribution in [0.1, 0.15) is 21.5 Å². The fraction of sp³-hybridized carbons (Fsp3) is 0.200. The van der Waals surface area contributed by atoms with Gasteiger partial charge in [0.05, 0.1) is 11.4 Å². The summed E-state index contributed by atoms with van der Waals surface area (Å²) >= 11 is 9.79. The van der Waals surface area contributed by atoms with Gasteiger partial charge in [-0.1, -0.05) is 44.0 Å². The predicted octanol–water partition coefficient (Wildman–Crippen LogP) is 5.47. The van der Waals surface area contributed by atoms with E-state index in [4.69, 9.17) is 4.74 Å². The molecule has 2 aromatic carbocycles. The number of rotatable bonds is 2. The molecule has 0 amide bonds. The minimum Gasteiger partial charge on any atom is -0.493 e. The van der Waals surface area contributed by atoms with Gasteiger partial charge in [-0.3, -0.25) is 0 Å². The maximum atomic E-state index is 5.56. The highest BCUT2D eigenvalue weighted by Gasteiger charge is 2.18. The molecule has 0 N–H and O–H groups in total. The summed E-state index contributed by atoms with van der Waals surface area (Å²) in [7, 11) is 0. The number of alkyl halides is 1. The van der Waals surface area contributed by atoms with E-state index in [1.165, 1.54) is 20.3 Å². The quantitative estimate of drug-likeness (QED) is 0.398. The van der Waals surface area contributed by atoms with Crippen LogP contribution in [0.15, 0.2) is 40.9 Å². The van der Waals surface area contributed by atoms with Crippen molar-refractivity contribution in [2.24, 2.45) is 0 Å². The molecule has 1 aliphatic rings. The average Bonchev–Trinajstić information content (AvgIpc) is 2.88. The Balaban J connectivity index is 1.99. The second-order valence-electron chi connectivity index (χ2n) is 4.49. The monoisotopic (exact) mass is 492 g/mol. The van der Waals surface area contributed by atoms with Gasteiger partial charge in [-0.2, -0.15) is 0 Å². The van der Waals surface area contributed by atoms with E-state index in [0.717, 1.165) is 23.2 Å². The molecule has 4 heteroatoms. The van der Waals surface area contributed by atoms with Crippen LogP contribution in [0, 0.1) is 3.57 Å². The number of hydrogen-bond donors (Lipinski definition) is 0. The fourth-order valence-electron chi connectivity index (χ4n) is 2.25. The SMILES string of the molecule is Brc1ccc(I)cc1C(Br)c1ccc2c(c1)CCO2. The van der Waals surface area contributed by atoms with Crippen molar-refractivity contribution in [1.29, 1.82) is 0 Å². The van der Waals surface area contributed by atoms with Crippen molar-refractivity contribution in [3.63, 3.8) is 0 Å². The molecule has 0 fully saturated rings. The Morgan fingerprint density at radius 2 is 2.00 bits per heavy atom.